The summed E-state index contributed by atoms with van der Waals surface area (Å²) in [6.45, 7) is 8.34. The molecule has 2 saturated heterocycles. The summed E-state index contributed by atoms with van der Waals surface area (Å²) in [6.07, 6.45) is 5.78. The second-order valence-corrected chi connectivity index (χ2v) is 10.4. The van der Waals surface area contributed by atoms with Gasteiger partial charge in [0.05, 0.1) is 23.4 Å². The lowest BCUT2D eigenvalue weighted by atomic mass is 9.98. The van der Waals surface area contributed by atoms with Gasteiger partial charge in [-0.25, -0.2) is 9.50 Å². The number of ether oxygens (including phenoxy) is 1. The zero-order chi connectivity index (χ0) is 24.7. The highest BCUT2D eigenvalue weighted by molar-refractivity contribution is 6.31. The smallest absolute Gasteiger partial charge is 0.258 e. The molecule has 2 aliphatic heterocycles. The maximum Gasteiger partial charge on any atom is 0.258 e. The fourth-order valence-corrected chi connectivity index (χ4v) is 5.32. The molecule has 2 atom stereocenters. The summed E-state index contributed by atoms with van der Waals surface area (Å²) in [6, 6.07) is 7.30. The average Bonchev–Trinajstić information content (AvgIpc) is 3.44. The number of benzene rings is 1. The van der Waals surface area contributed by atoms with Gasteiger partial charge in [0, 0.05) is 48.5 Å². The predicted octanol–water partition coefficient (Wildman–Crippen LogP) is 4.38. The van der Waals surface area contributed by atoms with Crippen LogP contribution in [0.2, 0.25) is 5.02 Å². The number of hydrogen-bond acceptors (Lipinski definition) is 6. The van der Waals surface area contributed by atoms with Gasteiger partial charge in [0.15, 0.2) is 5.65 Å². The fourth-order valence-electron chi connectivity index (χ4n) is 5.14. The summed E-state index contributed by atoms with van der Waals surface area (Å²) in [5, 5.41) is 5.37. The Bertz CT molecular complexity index is 1240. The number of piperidine rings is 1. The lowest BCUT2D eigenvalue weighted by Gasteiger charge is -2.35. The number of aromatic nitrogens is 3. The number of carbonyl (C=O) groups excluding carboxylic acids is 1. The van der Waals surface area contributed by atoms with Crippen molar-refractivity contribution >= 4 is 29.0 Å². The Kier molecular flexibility index (Phi) is 6.59. The maximum atomic E-state index is 13.8. The number of nitrogens with zero attached hydrogens (tertiary/aromatic N) is 5. The Morgan fingerprint density at radius 3 is 2.77 bits per heavy atom. The van der Waals surface area contributed by atoms with Crippen molar-refractivity contribution in [1.29, 1.82) is 0 Å². The minimum absolute atomic E-state index is 0.0491. The molecule has 3 aromatic rings. The highest BCUT2D eigenvalue weighted by Gasteiger charge is 2.32. The topological polar surface area (TPSA) is 89.0 Å². The van der Waals surface area contributed by atoms with Gasteiger partial charge in [0.2, 0.25) is 0 Å². The summed E-state index contributed by atoms with van der Waals surface area (Å²) in [5.41, 5.74) is 9.31. The van der Waals surface area contributed by atoms with Crippen LogP contribution < -0.4 is 15.4 Å². The Hall–Kier alpha value is -2.84. The number of carbonyl (C=O) groups is 1. The molecule has 0 spiro atoms. The quantitative estimate of drug-likeness (QED) is 0.563. The molecule has 0 unspecified atom stereocenters. The van der Waals surface area contributed by atoms with Crippen molar-refractivity contribution in [2.45, 2.75) is 64.6 Å². The molecule has 5 rings (SSSR count). The monoisotopic (exact) mass is 496 g/mol. The van der Waals surface area contributed by atoms with Crippen LogP contribution in [0.25, 0.3) is 5.65 Å². The Morgan fingerprint density at radius 2 is 2.03 bits per heavy atom. The third-order valence-corrected chi connectivity index (χ3v) is 7.02. The van der Waals surface area contributed by atoms with E-state index in [-0.39, 0.29) is 24.1 Å². The molecule has 2 fully saturated rings. The molecule has 186 valence electrons. The number of likely N-dealkylation sites (tertiary alicyclic amines) is 1. The highest BCUT2D eigenvalue weighted by Crippen LogP contribution is 2.35. The van der Waals surface area contributed by atoms with E-state index in [1.807, 2.05) is 35.5 Å². The van der Waals surface area contributed by atoms with E-state index in [1.165, 1.54) is 0 Å². The number of fused-ring (bicyclic) bond motifs is 1. The summed E-state index contributed by atoms with van der Waals surface area (Å²) in [7, 11) is 0. The van der Waals surface area contributed by atoms with E-state index >= 15 is 0 Å². The summed E-state index contributed by atoms with van der Waals surface area (Å²) < 4.78 is 7.76. The average molecular weight is 497 g/mol. The van der Waals surface area contributed by atoms with Crippen molar-refractivity contribution < 1.29 is 9.53 Å². The number of anilines is 1. The lowest BCUT2D eigenvalue weighted by molar-refractivity contribution is 0.0600. The van der Waals surface area contributed by atoms with Crippen LogP contribution in [0.4, 0.5) is 5.82 Å². The van der Waals surface area contributed by atoms with Crippen LogP contribution in [-0.4, -0.2) is 57.2 Å². The molecule has 0 aliphatic carbocycles. The maximum absolute atomic E-state index is 13.8. The van der Waals surface area contributed by atoms with Crippen molar-refractivity contribution in [3.05, 3.63) is 52.3 Å². The van der Waals surface area contributed by atoms with Gasteiger partial charge in [0.1, 0.15) is 11.6 Å². The molecule has 1 amide bonds. The number of aryl methyl sites for hydroxylation is 1. The number of halogens is 1. The Labute approximate surface area is 211 Å². The molecule has 8 nitrogen and oxygen atoms in total. The molecule has 0 bridgehead atoms. The van der Waals surface area contributed by atoms with Crippen LogP contribution >= 0.6 is 11.6 Å². The molecule has 35 heavy (non-hydrogen) atoms. The molecule has 0 radical (unpaired) electrons. The van der Waals surface area contributed by atoms with Crippen LogP contribution in [0, 0.1) is 6.92 Å². The van der Waals surface area contributed by atoms with E-state index < -0.39 is 0 Å². The molecule has 2 aromatic heterocycles. The second kappa shape index (κ2) is 9.66. The minimum Gasteiger partial charge on any atom is -0.490 e. The van der Waals surface area contributed by atoms with Gasteiger partial charge in [-0.2, -0.15) is 5.10 Å². The van der Waals surface area contributed by atoms with Gasteiger partial charge in [-0.3, -0.25) is 4.79 Å². The number of nitrogens with two attached hydrogens (primary N) is 1. The largest absolute Gasteiger partial charge is 0.490 e. The van der Waals surface area contributed by atoms with Crippen LogP contribution in [0.15, 0.2) is 30.5 Å². The van der Waals surface area contributed by atoms with E-state index in [9.17, 15) is 4.79 Å². The molecular weight excluding hydrogens is 464 g/mol. The number of amides is 1. The van der Waals surface area contributed by atoms with Crippen molar-refractivity contribution in [3.8, 4) is 5.75 Å². The Morgan fingerprint density at radius 1 is 1.20 bits per heavy atom. The SMILES string of the molecule is Cc1cn2nc([C@@H]3CCCCN3C(=O)c3cc(Cl)ccc3OC(C)C)cc2nc1N1CC[C@H](N)C1. The fraction of sp³-hybridized carbons (Fsp3) is 0.500. The minimum atomic E-state index is -0.132. The first kappa shape index (κ1) is 23.9. The predicted molar refractivity (Wildman–Crippen MR) is 137 cm³/mol. The van der Waals surface area contributed by atoms with E-state index in [0.717, 1.165) is 61.5 Å². The molecular formula is C26H33ClN6O2. The van der Waals surface area contributed by atoms with E-state index in [4.69, 9.17) is 32.2 Å². The van der Waals surface area contributed by atoms with Gasteiger partial charge in [0.25, 0.3) is 5.91 Å². The van der Waals surface area contributed by atoms with Crippen LogP contribution in [0.3, 0.4) is 0 Å². The third kappa shape index (κ3) is 4.82. The molecule has 4 heterocycles. The Balaban J connectivity index is 1.47. The number of rotatable bonds is 5. The first-order chi connectivity index (χ1) is 16.8. The highest BCUT2D eigenvalue weighted by atomic mass is 35.5. The molecule has 1 aromatic carbocycles. The van der Waals surface area contributed by atoms with Crippen LogP contribution in [-0.2, 0) is 0 Å². The second-order valence-electron chi connectivity index (χ2n) is 9.93. The first-order valence-corrected chi connectivity index (χ1v) is 12.8. The molecule has 0 saturated carbocycles. The van der Waals surface area contributed by atoms with Crippen LogP contribution in [0.5, 0.6) is 5.75 Å². The van der Waals surface area contributed by atoms with Gasteiger partial charge < -0.3 is 20.3 Å². The van der Waals surface area contributed by atoms with E-state index in [2.05, 4.69) is 11.8 Å². The van der Waals surface area contributed by atoms with E-state index in [0.29, 0.717) is 22.9 Å². The molecule has 9 heteroatoms. The normalized spacial score (nSPS) is 20.7. The van der Waals surface area contributed by atoms with Gasteiger partial charge in [-0.1, -0.05) is 11.6 Å². The van der Waals surface area contributed by atoms with E-state index in [1.54, 1.807) is 18.2 Å². The first-order valence-electron chi connectivity index (χ1n) is 12.4. The van der Waals surface area contributed by atoms with Gasteiger partial charge >= 0.3 is 0 Å². The van der Waals surface area contributed by atoms with Gasteiger partial charge in [-0.15, -0.1) is 0 Å². The third-order valence-electron chi connectivity index (χ3n) is 6.79. The van der Waals surface area contributed by atoms with Crippen molar-refractivity contribution in [3.63, 3.8) is 0 Å². The standard InChI is InChI=1S/C26H33ClN6O2/c1-16(2)35-23-8-7-18(27)12-20(23)26(34)32-10-5-4-6-22(32)21-13-24-29-25(17(3)14-33(24)30-21)31-11-9-19(28)15-31/h7-8,12-14,16,19,22H,4-6,9-11,15,28H2,1-3H3/t19-,22-/m0/s1. The molecule has 2 N–H and O–H groups in total. The molecule has 2 aliphatic rings. The van der Waals surface area contributed by atoms with Gasteiger partial charge in [-0.05, 0) is 64.7 Å². The van der Waals surface area contributed by atoms with Crippen molar-refractivity contribution in [1.82, 2.24) is 19.5 Å². The summed E-state index contributed by atoms with van der Waals surface area (Å²) in [4.78, 5) is 22.9. The number of hydrogen-bond donors (Lipinski definition) is 1. The zero-order valence-electron chi connectivity index (χ0n) is 20.6. The summed E-state index contributed by atoms with van der Waals surface area (Å²) in [5.74, 6) is 1.43. The lowest BCUT2D eigenvalue weighted by Crippen LogP contribution is -2.39. The van der Waals surface area contributed by atoms with Crippen molar-refractivity contribution in [2.75, 3.05) is 24.5 Å². The summed E-state index contributed by atoms with van der Waals surface area (Å²) >= 11 is 6.27. The zero-order valence-corrected chi connectivity index (χ0v) is 21.3. The van der Waals surface area contributed by atoms with Crippen molar-refractivity contribution in [2.24, 2.45) is 5.73 Å². The van der Waals surface area contributed by atoms with Crippen LogP contribution in [0.1, 0.15) is 67.2 Å².